The number of amides is 1. The first kappa shape index (κ1) is 17.1. The first-order chi connectivity index (χ1) is 13.2. The lowest BCUT2D eigenvalue weighted by Crippen LogP contribution is -2.44. The van der Waals surface area contributed by atoms with Crippen molar-refractivity contribution < 1.29 is 14.3 Å². The fourth-order valence-corrected chi connectivity index (χ4v) is 3.47. The zero-order chi connectivity index (χ0) is 18.8. The number of para-hydroxylation sites is 2. The summed E-state index contributed by atoms with van der Waals surface area (Å²) in [6.45, 7) is 0.534. The normalized spacial score (nSPS) is 15.7. The van der Waals surface area contributed by atoms with Crippen LogP contribution in [-0.2, 0) is 17.8 Å². The van der Waals surface area contributed by atoms with E-state index in [1.54, 1.807) is 23.9 Å². The fourth-order valence-electron chi connectivity index (χ4n) is 3.47. The quantitative estimate of drug-likeness (QED) is 0.770. The zero-order valence-corrected chi connectivity index (χ0v) is 15.0. The molecule has 6 heteroatoms. The van der Waals surface area contributed by atoms with Crippen LogP contribution in [0.25, 0.3) is 10.9 Å². The number of nitrogens with one attached hydrogen (secondary N) is 1. The van der Waals surface area contributed by atoms with E-state index >= 15 is 0 Å². The number of methoxy groups -OCH3 is 1. The van der Waals surface area contributed by atoms with Gasteiger partial charge in [-0.05, 0) is 24.6 Å². The van der Waals surface area contributed by atoms with E-state index < -0.39 is 0 Å². The molecular formula is C21H20N2O4. The van der Waals surface area contributed by atoms with Crippen molar-refractivity contribution >= 4 is 16.8 Å². The second-order valence-corrected chi connectivity index (χ2v) is 6.55. The summed E-state index contributed by atoms with van der Waals surface area (Å²) in [7, 11) is 1.61. The monoisotopic (exact) mass is 364 g/mol. The van der Waals surface area contributed by atoms with E-state index in [1.807, 2.05) is 36.4 Å². The molecule has 1 aliphatic heterocycles. The SMILES string of the molecule is COc1cccc2c1OCC(NC(=O)Cn1ccc(=O)c3ccccc31)C2. The highest BCUT2D eigenvalue weighted by Crippen LogP contribution is 2.34. The van der Waals surface area contributed by atoms with Gasteiger partial charge >= 0.3 is 0 Å². The number of hydrogen-bond donors (Lipinski definition) is 1. The van der Waals surface area contributed by atoms with Crippen molar-refractivity contribution in [2.75, 3.05) is 13.7 Å². The largest absolute Gasteiger partial charge is 0.493 e. The van der Waals surface area contributed by atoms with Gasteiger partial charge in [0.2, 0.25) is 5.91 Å². The topological polar surface area (TPSA) is 69.6 Å². The number of hydrogen-bond acceptors (Lipinski definition) is 4. The van der Waals surface area contributed by atoms with Crippen molar-refractivity contribution in [3.05, 3.63) is 70.5 Å². The van der Waals surface area contributed by atoms with E-state index in [9.17, 15) is 9.59 Å². The van der Waals surface area contributed by atoms with Crippen molar-refractivity contribution in [3.63, 3.8) is 0 Å². The molecule has 2 aromatic carbocycles. The number of ether oxygens (including phenoxy) is 2. The molecular weight excluding hydrogens is 344 g/mol. The van der Waals surface area contributed by atoms with Gasteiger partial charge in [-0.3, -0.25) is 9.59 Å². The van der Waals surface area contributed by atoms with E-state index in [-0.39, 0.29) is 23.9 Å². The Morgan fingerprint density at radius 3 is 2.93 bits per heavy atom. The molecule has 4 rings (SSSR count). The molecule has 3 aromatic rings. The van der Waals surface area contributed by atoms with Gasteiger partial charge in [0.15, 0.2) is 16.9 Å². The molecule has 1 aromatic heterocycles. The Bertz CT molecular complexity index is 1060. The first-order valence-electron chi connectivity index (χ1n) is 8.82. The molecule has 0 aliphatic carbocycles. The van der Waals surface area contributed by atoms with Crippen molar-refractivity contribution in [1.82, 2.24) is 9.88 Å². The van der Waals surface area contributed by atoms with Gasteiger partial charge in [-0.15, -0.1) is 0 Å². The van der Waals surface area contributed by atoms with E-state index in [2.05, 4.69) is 5.32 Å². The van der Waals surface area contributed by atoms with Gasteiger partial charge in [0.25, 0.3) is 0 Å². The summed E-state index contributed by atoms with van der Waals surface area (Å²) in [5.41, 5.74) is 1.71. The van der Waals surface area contributed by atoms with Crippen molar-refractivity contribution in [1.29, 1.82) is 0 Å². The van der Waals surface area contributed by atoms with Gasteiger partial charge in [0.1, 0.15) is 13.2 Å². The molecule has 138 valence electrons. The highest BCUT2D eigenvalue weighted by atomic mass is 16.5. The minimum absolute atomic E-state index is 0.0477. The predicted octanol–water partition coefficient (Wildman–Crippen LogP) is 2.13. The smallest absolute Gasteiger partial charge is 0.240 e. The Labute approximate surface area is 156 Å². The number of rotatable bonds is 4. The van der Waals surface area contributed by atoms with E-state index in [4.69, 9.17) is 9.47 Å². The molecule has 0 radical (unpaired) electrons. The standard InChI is InChI=1S/C21H20N2O4/c1-26-19-8-4-5-14-11-15(13-27-21(14)19)22-20(25)12-23-10-9-18(24)16-6-2-3-7-17(16)23/h2-10,15H,11-13H2,1H3,(H,22,25). The molecule has 0 fully saturated rings. The highest BCUT2D eigenvalue weighted by molar-refractivity contribution is 5.82. The molecule has 27 heavy (non-hydrogen) atoms. The second kappa shape index (κ2) is 7.15. The summed E-state index contributed by atoms with van der Waals surface area (Å²) in [6.07, 6.45) is 2.34. The van der Waals surface area contributed by atoms with Crippen LogP contribution >= 0.6 is 0 Å². The van der Waals surface area contributed by atoms with Gasteiger partial charge < -0.3 is 19.4 Å². The second-order valence-electron chi connectivity index (χ2n) is 6.55. The number of aromatic nitrogens is 1. The number of carbonyl (C=O) groups is 1. The summed E-state index contributed by atoms with van der Waals surface area (Å²) in [6, 6.07) is 14.4. The summed E-state index contributed by atoms with van der Waals surface area (Å²) in [4.78, 5) is 24.5. The molecule has 0 spiro atoms. The maximum absolute atomic E-state index is 12.6. The van der Waals surface area contributed by atoms with Gasteiger partial charge in [-0.25, -0.2) is 0 Å². The van der Waals surface area contributed by atoms with Gasteiger partial charge in [-0.2, -0.15) is 0 Å². The van der Waals surface area contributed by atoms with Gasteiger partial charge in [-0.1, -0.05) is 24.3 Å². The Morgan fingerprint density at radius 1 is 1.22 bits per heavy atom. The number of carbonyl (C=O) groups excluding carboxylic acids is 1. The van der Waals surface area contributed by atoms with Crippen LogP contribution in [0.3, 0.4) is 0 Å². The molecule has 0 saturated carbocycles. The predicted molar refractivity (Wildman–Crippen MR) is 102 cm³/mol. The number of nitrogens with zero attached hydrogens (tertiary/aromatic N) is 1. The van der Waals surface area contributed by atoms with Crippen LogP contribution in [0.5, 0.6) is 11.5 Å². The van der Waals surface area contributed by atoms with Crippen LogP contribution < -0.4 is 20.2 Å². The van der Waals surface area contributed by atoms with Crippen LogP contribution in [0, 0.1) is 0 Å². The molecule has 1 N–H and O–H groups in total. The summed E-state index contributed by atoms with van der Waals surface area (Å²) in [5, 5.41) is 3.63. The first-order valence-corrected chi connectivity index (χ1v) is 8.82. The highest BCUT2D eigenvalue weighted by Gasteiger charge is 2.24. The molecule has 0 bridgehead atoms. The zero-order valence-electron chi connectivity index (χ0n) is 15.0. The molecule has 2 heterocycles. The lowest BCUT2D eigenvalue weighted by atomic mass is 10.0. The maximum Gasteiger partial charge on any atom is 0.240 e. The average Bonchev–Trinajstić information content (AvgIpc) is 2.69. The third kappa shape index (κ3) is 3.38. The maximum atomic E-state index is 12.6. The Kier molecular flexibility index (Phi) is 4.54. The molecule has 1 aliphatic rings. The number of fused-ring (bicyclic) bond motifs is 2. The minimum atomic E-state index is -0.122. The van der Waals surface area contributed by atoms with E-state index in [1.165, 1.54) is 6.07 Å². The summed E-state index contributed by atoms with van der Waals surface area (Å²) in [5.74, 6) is 1.33. The molecule has 6 nitrogen and oxygen atoms in total. The molecule has 1 amide bonds. The van der Waals surface area contributed by atoms with Crippen molar-refractivity contribution in [3.8, 4) is 11.5 Å². The third-order valence-corrected chi connectivity index (χ3v) is 4.74. The van der Waals surface area contributed by atoms with Gasteiger partial charge in [0.05, 0.1) is 18.7 Å². The van der Waals surface area contributed by atoms with Crippen LogP contribution in [0.1, 0.15) is 5.56 Å². The Hall–Kier alpha value is -3.28. The lowest BCUT2D eigenvalue weighted by Gasteiger charge is -2.27. The van der Waals surface area contributed by atoms with Crippen LogP contribution in [0.4, 0.5) is 0 Å². The minimum Gasteiger partial charge on any atom is -0.493 e. The average molecular weight is 364 g/mol. The molecule has 0 saturated heterocycles. The van der Waals surface area contributed by atoms with Crippen LogP contribution in [0.2, 0.25) is 0 Å². The number of pyridine rings is 1. The fraction of sp³-hybridized carbons (Fsp3) is 0.238. The summed E-state index contributed by atoms with van der Waals surface area (Å²) < 4.78 is 12.9. The molecule has 1 unspecified atom stereocenters. The van der Waals surface area contributed by atoms with Crippen molar-refractivity contribution in [2.45, 2.75) is 19.0 Å². The third-order valence-electron chi connectivity index (χ3n) is 4.74. The Balaban J connectivity index is 1.48. The van der Waals surface area contributed by atoms with E-state index in [0.717, 1.165) is 16.8 Å². The molecule has 1 atom stereocenters. The Morgan fingerprint density at radius 2 is 2.07 bits per heavy atom. The van der Waals surface area contributed by atoms with Crippen LogP contribution in [0.15, 0.2) is 59.5 Å². The lowest BCUT2D eigenvalue weighted by molar-refractivity contribution is -0.122. The van der Waals surface area contributed by atoms with Crippen molar-refractivity contribution in [2.24, 2.45) is 0 Å². The van der Waals surface area contributed by atoms with Crippen LogP contribution in [-0.4, -0.2) is 30.2 Å². The number of benzene rings is 2. The van der Waals surface area contributed by atoms with Gasteiger partial charge in [0, 0.05) is 23.2 Å². The summed E-state index contributed by atoms with van der Waals surface area (Å²) >= 11 is 0. The van der Waals surface area contributed by atoms with E-state index in [0.29, 0.717) is 24.2 Å².